The predicted octanol–water partition coefficient (Wildman–Crippen LogP) is 3.05. The Bertz CT molecular complexity index is 445. The summed E-state index contributed by atoms with van der Waals surface area (Å²) >= 11 is 0. The molecule has 102 valence electrons. The van der Waals surface area contributed by atoms with Crippen LogP contribution in [0.25, 0.3) is 0 Å². The standard InChI is InChI=1S/C15H20N2O2/c1-12(18)11-14-9-5-6-10-17(14)15(19)16-13-7-3-2-4-8-13/h2-4,7-8,14H,5-6,9-11H2,1H3,(H,16,19). The quantitative estimate of drug-likeness (QED) is 0.908. The Balaban J connectivity index is 2.01. The van der Waals surface area contributed by atoms with Crippen LogP contribution in [0, 0.1) is 0 Å². The fourth-order valence-electron chi connectivity index (χ4n) is 2.53. The van der Waals surface area contributed by atoms with E-state index in [1.165, 1.54) is 0 Å². The topological polar surface area (TPSA) is 49.4 Å². The zero-order valence-corrected chi connectivity index (χ0v) is 11.3. The maximum absolute atomic E-state index is 12.3. The third kappa shape index (κ3) is 3.81. The van der Waals surface area contributed by atoms with E-state index in [9.17, 15) is 9.59 Å². The van der Waals surface area contributed by atoms with Crippen molar-refractivity contribution in [2.75, 3.05) is 11.9 Å². The second-order valence-corrected chi connectivity index (χ2v) is 5.05. The monoisotopic (exact) mass is 260 g/mol. The lowest BCUT2D eigenvalue weighted by Crippen LogP contribution is -2.46. The van der Waals surface area contributed by atoms with Gasteiger partial charge in [0.15, 0.2) is 0 Å². The van der Waals surface area contributed by atoms with E-state index in [4.69, 9.17) is 0 Å². The molecule has 2 rings (SSSR count). The van der Waals surface area contributed by atoms with Gasteiger partial charge in [0.05, 0.1) is 0 Å². The molecule has 1 aromatic carbocycles. The number of likely N-dealkylation sites (tertiary alicyclic amines) is 1. The van der Waals surface area contributed by atoms with Gasteiger partial charge >= 0.3 is 6.03 Å². The first kappa shape index (κ1) is 13.6. The Labute approximate surface area is 113 Å². The van der Waals surface area contributed by atoms with E-state index in [2.05, 4.69) is 5.32 Å². The van der Waals surface area contributed by atoms with Gasteiger partial charge in [-0.25, -0.2) is 4.79 Å². The van der Waals surface area contributed by atoms with Crippen molar-refractivity contribution in [3.63, 3.8) is 0 Å². The SMILES string of the molecule is CC(=O)CC1CCCCN1C(=O)Nc1ccccc1. The summed E-state index contributed by atoms with van der Waals surface area (Å²) in [5.41, 5.74) is 0.791. The number of benzene rings is 1. The number of rotatable bonds is 3. The number of carbonyl (C=O) groups is 2. The van der Waals surface area contributed by atoms with Crippen LogP contribution in [0.4, 0.5) is 10.5 Å². The first-order valence-corrected chi connectivity index (χ1v) is 6.79. The number of ketones is 1. The Morgan fingerprint density at radius 3 is 2.68 bits per heavy atom. The van der Waals surface area contributed by atoms with Crippen LogP contribution >= 0.6 is 0 Å². The van der Waals surface area contributed by atoms with E-state index in [1.807, 2.05) is 30.3 Å². The van der Waals surface area contributed by atoms with Crippen molar-refractivity contribution in [3.05, 3.63) is 30.3 Å². The minimum Gasteiger partial charge on any atom is -0.321 e. The number of Topliss-reactive ketones (excluding diaryl/α,β-unsaturated/α-hetero) is 1. The van der Waals surface area contributed by atoms with Gasteiger partial charge in [0, 0.05) is 24.7 Å². The van der Waals surface area contributed by atoms with Crippen LogP contribution in [-0.4, -0.2) is 29.3 Å². The lowest BCUT2D eigenvalue weighted by molar-refractivity contribution is -0.118. The Morgan fingerprint density at radius 2 is 2.00 bits per heavy atom. The highest BCUT2D eigenvalue weighted by molar-refractivity contribution is 5.90. The Kier molecular flexibility index (Phi) is 4.55. The highest BCUT2D eigenvalue weighted by atomic mass is 16.2. The lowest BCUT2D eigenvalue weighted by atomic mass is 9.98. The molecule has 1 aliphatic rings. The average molecular weight is 260 g/mol. The number of amides is 2. The number of anilines is 1. The van der Waals surface area contributed by atoms with Crippen molar-refractivity contribution >= 4 is 17.5 Å². The second kappa shape index (κ2) is 6.36. The van der Waals surface area contributed by atoms with Gasteiger partial charge in [0.1, 0.15) is 5.78 Å². The van der Waals surface area contributed by atoms with Gasteiger partial charge in [0.2, 0.25) is 0 Å². The molecule has 1 atom stereocenters. The molecule has 0 spiro atoms. The fourth-order valence-corrected chi connectivity index (χ4v) is 2.53. The first-order chi connectivity index (χ1) is 9.16. The average Bonchev–Trinajstić information content (AvgIpc) is 2.39. The molecule has 19 heavy (non-hydrogen) atoms. The van der Waals surface area contributed by atoms with Crippen LogP contribution in [0.3, 0.4) is 0 Å². The molecule has 1 aliphatic heterocycles. The second-order valence-electron chi connectivity index (χ2n) is 5.05. The molecule has 0 aromatic heterocycles. The first-order valence-electron chi connectivity index (χ1n) is 6.79. The molecule has 4 nitrogen and oxygen atoms in total. The van der Waals surface area contributed by atoms with E-state index in [0.717, 1.165) is 31.5 Å². The molecule has 1 N–H and O–H groups in total. The van der Waals surface area contributed by atoms with Crippen LogP contribution in [-0.2, 0) is 4.79 Å². The molecule has 1 fully saturated rings. The molecular weight excluding hydrogens is 240 g/mol. The van der Waals surface area contributed by atoms with Crippen LogP contribution < -0.4 is 5.32 Å². The van der Waals surface area contributed by atoms with Gasteiger partial charge in [-0.1, -0.05) is 18.2 Å². The Hall–Kier alpha value is -1.84. The number of nitrogens with zero attached hydrogens (tertiary/aromatic N) is 1. The summed E-state index contributed by atoms with van der Waals surface area (Å²) in [6.45, 7) is 2.32. The van der Waals surface area contributed by atoms with E-state index in [-0.39, 0.29) is 17.9 Å². The van der Waals surface area contributed by atoms with Crippen molar-refractivity contribution in [1.29, 1.82) is 0 Å². The third-order valence-electron chi connectivity index (χ3n) is 3.44. The zero-order valence-electron chi connectivity index (χ0n) is 11.3. The lowest BCUT2D eigenvalue weighted by Gasteiger charge is -2.35. The van der Waals surface area contributed by atoms with Crippen LogP contribution in [0.1, 0.15) is 32.6 Å². The number of piperidine rings is 1. The van der Waals surface area contributed by atoms with E-state index in [0.29, 0.717) is 6.42 Å². The molecule has 0 saturated carbocycles. The molecule has 1 heterocycles. The molecule has 1 aromatic rings. The van der Waals surface area contributed by atoms with Crippen LogP contribution in [0.2, 0.25) is 0 Å². The van der Waals surface area contributed by atoms with Crippen LogP contribution in [0.5, 0.6) is 0 Å². The number of nitrogens with one attached hydrogen (secondary N) is 1. The van der Waals surface area contributed by atoms with Gasteiger partial charge in [0.25, 0.3) is 0 Å². The van der Waals surface area contributed by atoms with Gasteiger partial charge in [-0.2, -0.15) is 0 Å². The maximum Gasteiger partial charge on any atom is 0.322 e. The predicted molar refractivity (Wildman–Crippen MR) is 75.1 cm³/mol. The fraction of sp³-hybridized carbons (Fsp3) is 0.467. The summed E-state index contributed by atoms with van der Waals surface area (Å²) in [5.74, 6) is 0.143. The smallest absolute Gasteiger partial charge is 0.321 e. The van der Waals surface area contributed by atoms with E-state index in [1.54, 1.807) is 11.8 Å². The van der Waals surface area contributed by atoms with Gasteiger partial charge in [-0.3, -0.25) is 4.79 Å². The molecule has 1 unspecified atom stereocenters. The molecule has 0 bridgehead atoms. The minimum absolute atomic E-state index is 0.0509. The number of para-hydroxylation sites is 1. The maximum atomic E-state index is 12.3. The van der Waals surface area contributed by atoms with Crippen molar-refractivity contribution in [3.8, 4) is 0 Å². The van der Waals surface area contributed by atoms with Crippen LogP contribution in [0.15, 0.2) is 30.3 Å². The number of urea groups is 1. The molecule has 1 saturated heterocycles. The normalized spacial score (nSPS) is 19.0. The minimum atomic E-state index is -0.0999. The Morgan fingerprint density at radius 1 is 1.26 bits per heavy atom. The van der Waals surface area contributed by atoms with Crippen molar-refractivity contribution in [2.24, 2.45) is 0 Å². The van der Waals surface area contributed by atoms with E-state index >= 15 is 0 Å². The molecule has 2 amide bonds. The zero-order chi connectivity index (χ0) is 13.7. The highest BCUT2D eigenvalue weighted by Crippen LogP contribution is 2.21. The summed E-state index contributed by atoms with van der Waals surface area (Å²) in [6.07, 6.45) is 3.48. The van der Waals surface area contributed by atoms with Crippen molar-refractivity contribution in [1.82, 2.24) is 4.90 Å². The molecular formula is C15H20N2O2. The molecule has 0 aliphatic carbocycles. The number of hydrogen-bond donors (Lipinski definition) is 1. The molecule has 0 radical (unpaired) electrons. The van der Waals surface area contributed by atoms with Gasteiger partial charge in [-0.15, -0.1) is 0 Å². The van der Waals surface area contributed by atoms with Crippen molar-refractivity contribution in [2.45, 2.75) is 38.6 Å². The van der Waals surface area contributed by atoms with Gasteiger partial charge in [-0.05, 0) is 38.3 Å². The van der Waals surface area contributed by atoms with E-state index < -0.39 is 0 Å². The third-order valence-corrected chi connectivity index (χ3v) is 3.44. The highest BCUT2D eigenvalue weighted by Gasteiger charge is 2.27. The summed E-state index contributed by atoms with van der Waals surface area (Å²) in [4.78, 5) is 25.3. The van der Waals surface area contributed by atoms with Crippen molar-refractivity contribution < 1.29 is 9.59 Å². The summed E-state index contributed by atoms with van der Waals surface area (Å²) in [6, 6.07) is 9.36. The summed E-state index contributed by atoms with van der Waals surface area (Å²) in [7, 11) is 0. The number of carbonyl (C=O) groups excluding carboxylic acids is 2. The molecule has 4 heteroatoms. The summed E-state index contributed by atoms with van der Waals surface area (Å²) < 4.78 is 0. The largest absolute Gasteiger partial charge is 0.322 e. The van der Waals surface area contributed by atoms with Gasteiger partial charge < -0.3 is 10.2 Å². The number of hydrogen-bond acceptors (Lipinski definition) is 2. The summed E-state index contributed by atoms with van der Waals surface area (Å²) in [5, 5.41) is 2.89.